The van der Waals surface area contributed by atoms with Gasteiger partial charge in [-0.25, -0.2) is 4.39 Å². The van der Waals surface area contributed by atoms with E-state index in [1.165, 1.54) is 31.7 Å². The standard InChI is InChI=1S/C17H19ClFN5O2/c1-26-17-22-13(21-16(23-17)24-8-3-2-4-9-24)10-20-15(25)14-11(18)6-5-7-12(14)19/h5-7H,2-4,8-10H2,1H3,(H,20,25). The summed E-state index contributed by atoms with van der Waals surface area (Å²) in [5, 5.41) is 2.63. The minimum atomic E-state index is -0.683. The van der Waals surface area contributed by atoms with Gasteiger partial charge in [-0.15, -0.1) is 0 Å². The van der Waals surface area contributed by atoms with Crippen molar-refractivity contribution in [2.24, 2.45) is 0 Å². The Labute approximate surface area is 155 Å². The van der Waals surface area contributed by atoms with Gasteiger partial charge in [-0.05, 0) is 31.4 Å². The number of nitrogens with zero attached hydrogens (tertiary/aromatic N) is 4. The van der Waals surface area contributed by atoms with Crippen LogP contribution in [-0.2, 0) is 6.54 Å². The van der Waals surface area contributed by atoms with E-state index in [1.807, 2.05) is 0 Å². The highest BCUT2D eigenvalue weighted by atomic mass is 35.5. The third kappa shape index (κ3) is 4.19. The van der Waals surface area contributed by atoms with E-state index < -0.39 is 11.7 Å². The van der Waals surface area contributed by atoms with Gasteiger partial charge in [-0.3, -0.25) is 4.79 Å². The third-order valence-electron chi connectivity index (χ3n) is 4.07. The minimum absolute atomic E-state index is 0.00319. The lowest BCUT2D eigenvalue weighted by atomic mass is 10.1. The van der Waals surface area contributed by atoms with Gasteiger partial charge >= 0.3 is 6.01 Å². The van der Waals surface area contributed by atoms with Crippen molar-refractivity contribution in [1.82, 2.24) is 20.3 Å². The number of hydrogen-bond acceptors (Lipinski definition) is 6. The van der Waals surface area contributed by atoms with E-state index in [-0.39, 0.29) is 23.1 Å². The van der Waals surface area contributed by atoms with Crippen LogP contribution in [0.3, 0.4) is 0 Å². The molecule has 2 aromatic rings. The summed E-state index contributed by atoms with van der Waals surface area (Å²) in [5.74, 6) is -0.466. The number of hydrogen-bond donors (Lipinski definition) is 1. The van der Waals surface area contributed by atoms with Crippen molar-refractivity contribution in [3.05, 3.63) is 40.4 Å². The van der Waals surface area contributed by atoms with E-state index in [2.05, 4.69) is 25.2 Å². The molecular formula is C17H19ClFN5O2. The number of rotatable bonds is 5. The second-order valence-electron chi connectivity index (χ2n) is 5.87. The van der Waals surface area contributed by atoms with E-state index in [1.54, 1.807) is 0 Å². The topological polar surface area (TPSA) is 80.2 Å². The summed E-state index contributed by atoms with van der Waals surface area (Å²) in [5.41, 5.74) is -0.202. The first-order valence-corrected chi connectivity index (χ1v) is 8.72. The highest BCUT2D eigenvalue weighted by Crippen LogP contribution is 2.20. The van der Waals surface area contributed by atoms with Crippen molar-refractivity contribution < 1.29 is 13.9 Å². The Hall–Kier alpha value is -2.48. The van der Waals surface area contributed by atoms with Crippen molar-refractivity contribution in [2.45, 2.75) is 25.8 Å². The maximum absolute atomic E-state index is 13.8. The Balaban J connectivity index is 1.75. The molecule has 3 rings (SSSR count). The van der Waals surface area contributed by atoms with Gasteiger partial charge in [-0.2, -0.15) is 15.0 Å². The molecule has 1 aliphatic rings. The van der Waals surface area contributed by atoms with Crippen molar-refractivity contribution in [1.29, 1.82) is 0 Å². The van der Waals surface area contributed by atoms with E-state index in [0.29, 0.717) is 11.8 Å². The first kappa shape index (κ1) is 18.3. The number of methoxy groups -OCH3 is 1. The van der Waals surface area contributed by atoms with Gasteiger partial charge in [0.2, 0.25) is 5.95 Å². The Morgan fingerprint density at radius 2 is 2.04 bits per heavy atom. The molecule has 0 saturated carbocycles. The van der Waals surface area contributed by atoms with Crippen molar-refractivity contribution in [2.75, 3.05) is 25.1 Å². The molecule has 2 heterocycles. The molecule has 1 amide bonds. The maximum atomic E-state index is 13.8. The second-order valence-corrected chi connectivity index (χ2v) is 6.27. The summed E-state index contributed by atoms with van der Waals surface area (Å²) in [6.45, 7) is 1.73. The number of carbonyl (C=O) groups excluding carboxylic acids is 1. The molecule has 0 spiro atoms. The largest absolute Gasteiger partial charge is 0.467 e. The Bertz CT molecular complexity index is 778. The number of ether oxygens (including phenoxy) is 1. The van der Waals surface area contributed by atoms with Crippen LogP contribution in [-0.4, -0.2) is 41.1 Å². The van der Waals surface area contributed by atoms with Crippen molar-refractivity contribution >= 4 is 23.5 Å². The Morgan fingerprint density at radius 3 is 2.73 bits per heavy atom. The molecule has 1 N–H and O–H groups in total. The monoisotopic (exact) mass is 379 g/mol. The summed E-state index contributed by atoms with van der Waals surface area (Å²) >= 11 is 5.91. The predicted molar refractivity (Wildman–Crippen MR) is 95.0 cm³/mol. The maximum Gasteiger partial charge on any atom is 0.321 e. The molecule has 0 aliphatic carbocycles. The number of anilines is 1. The number of carbonyl (C=O) groups is 1. The lowest BCUT2D eigenvalue weighted by Crippen LogP contribution is -2.32. The molecule has 0 radical (unpaired) electrons. The van der Waals surface area contributed by atoms with Crippen LogP contribution in [0.2, 0.25) is 5.02 Å². The average molecular weight is 380 g/mol. The smallest absolute Gasteiger partial charge is 0.321 e. The van der Waals surface area contributed by atoms with E-state index in [0.717, 1.165) is 25.9 Å². The molecule has 0 bridgehead atoms. The van der Waals surface area contributed by atoms with Crippen LogP contribution < -0.4 is 15.0 Å². The molecule has 7 nitrogen and oxygen atoms in total. The van der Waals surface area contributed by atoms with Gasteiger partial charge in [0.1, 0.15) is 5.82 Å². The van der Waals surface area contributed by atoms with Crippen LogP contribution in [0.15, 0.2) is 18.2 Å². The molecule has 0 unspecified atom stereocenters. The number of benzene rings is 1. The molecule has 1 saturated heterocycles. The molecule has 9 heteroatoms. The quantitative estimate of drug-likeness (QED) is 0.860. The zero-order valence-electron chi connectivity index (χ0n) is 14.3. The number of aromatic nitrogens is 3. The zero-order valence-corrected chi connectivity index (χ0v) is 15.1. The number of amides is 1. The molecule has 138 valence electrons. The summed E-state index contributed by atoms with van der Waals surface area (Å²) < 4.78 is 19.0. The Morgan fingerprint density at radius 1 is 1.27 bits per heavy atom. The zero-order chi connectivity index (χ0) is 18.5. The first-order valence-electron chi connectivity index (χ1n) is 8.34. The number of nitrogens with one attached hydrogen (secondary N) is 1. The number of halogens is 2. The minimum Gasteiger partial charge on any atom is -0.467 e. The summed E-state index contributed by atoms with van der Waals surface area (Å²) in [7, 11) is 1.47. The van der Waals surface area contributed by atoms with Crippen LogP contribution in [0.1, 0.15) is 35.4 Å². The highest BCUT2D eigenvalue weighted by Gasteiger charge is 2.19. The summed E-state index contributed by atoms with van der Waals surface area (Å²) in [6, 6.07) is 4.26. The van der Waals surface area contributed by atoms with Crippen LogP contribution in [0.5, 0.6) is 6.01 Å². The predicted octanol–water partition coefficient (Wildman–Crippen LogP) is 2.59. The molecule has 1 aromatic heterocycles. The first-order chi connectivity index (χ1) is 12.6. The molecule has 1 aliphatic heterocycles. The van der Waals surface area contributed by atoms with E-state index in [9.17, 15) is 9.18 Å². The van der Waals surface area contributed by atoms with Crippen molar-refractivity contribution in [3.8, 4) is 6.01 Å². The van der Waals surface area contributed by atoms with E-state index >= 15 is 0 Å². The lowest BCUT2D eigenvalue weighted by Gasteiger charge is -2.26. The van der Waals surface area contributed by atoms with Crippen LogP contribution in [0, 0.1) is 5.82 Å². The van der Waals surface area contributed by atoms with Gasteiger partial charge in [0.15, 0.2) is 5.82 Å². The van der Waals surface area contributed by atoms with E-state index in [4.69, 9.17) is 16.3 Å². The molecule has 1 aromatic carbocycles. The molecule has 1 fully saturated rings. The van der Waals surface area contributed by atoms with Gasteiger partial charge in [-0.1, -0.05) is 17.7 Å². The fraction of sp³-hybridized carbons (Fsp3) is 0.412. The second kappa shape index (κ2) is 8.27. The lowest BCUT2D eigenvalue weighted by molar-refractivity contribution is 0.0946. The van der Waals surface area contributed by atoms with Gasteiger partial charge < -0.3 is 15.0 Å². The Kier molecular flexibility index (Phi) is 5.82. The average Bonchev–Trinajstić information content (AvgIpc) is 2.66. The van der Waals surface area contributed by atoms with Gasteiger partial charge in [0.25, 0.3) is 5.91 Å². The van der Waals surface area contributed by atoms with Crippen LogP contribution in [0.4, 0.5) is 10.3 Å². The normalized spacial score (nSPS) is 14.2. The third-order valence-corrected chi connectivity index (χ3v) is 4.38. The van der Waals surface area contributed by atoms with Crippen molar-refractivity contribution in [3.63, 3.8) is 0 Å². The van der Waals surface area contributed by atoms with Crippen LogP contribution >= 0.6 is 11.6 Å². The van der Waals surface area contributed by atoms with Crippen LogP contribution in [0.25, 0.3) is 0 Å². The van der Waals surface area contributed by atoms with Gasteiger partial charge in [0, 0.05) is 13.1 Å². The molecule has 0 atom stereocenters. The molecular weight excluding hydrogens is 361 g/mol. The molecule has 26 heavy (non-hydrogen) atoms. The highest BCUT2D eigenvalue weighted by molar-refractivity contribution is 6.33. The number of piperidine rings is 1. The fourth-order valence-electron chi connectivity index (χ4n) is 2.75. The van der Waals surface area contributed by atoms with Gasteiger partial charge in [0.05, 0.1) is 24.2 Å². The summed E-state index contributed by atoms with van der Waals surface area (Å²) in [6.07, 6.45) is 3.34. The fourth-order valence-corrected chi connectivity index (χ4v) is 3.00. The SMILES string of the molecule is COc1nc(CNC(=O)c2c(F)cccc2Cl)nc(N2CCCCC2)n1. The summed E-state index contributed by atoms with van der Waals surface area (Å²) in [4.78, 5) is 27.1.